The third-order valence-corrected chi connectivity index (χ3v) is 3.27. The van der Waals surface area contributed by atoms with Crippen LogP contribution in [0.3, 0.4) is 0 Å². The Morgan fingerprint density at radius 1 is 1.25 bits per heavy atom. The summed E-state index contributed by atoms with van der Waals surface area (Å²) in [5.41, 5.74) is -0.820. The zero-order chi connectivity index (χ0) is 14.2. The monoisotopic (exact) mass is 283 g/mol. The molecule has 1 aliphatic heterocycles. The van der Waals surface area contributed by atoms with Crippen LogP contribution in [-0.4, -0.2) is 16.7 Å². The highest BCUT2D eigenvalue weighted by atomic mass is 19.4. The van der Waals surface area contributed by atoms with Crippen molar-refractivity contribution in [1.82, 2.24) is 15.5 Å². The molecule has 0 aliphatic carbocycles. The van der Waals surface area contributed by atoms with E-state index < -0.39 is 11.7 Å². The van der Waals surface area contributed by atoms with Crippen LogP contribution in [0.4, 0.5) is 13.2 Å². The van der Waals surface area contributed by atoms with Gasteiger partial charge < -0.3 is 9.84 Å². The molecule has 0 bridgehead atoms. The van der Waals surface area contributed by atoms with E-state index in [-0.39, 0.29) is 17.4 Å². The fraction of sp³-hybridized carbons (Fsp3) is 0.385. The molecule has 1 aliphatic rings. The van der Waals surface area contributed by atoms with Crippen molar-refractivity contribution in [2.75, 3.05) is 6.54 Å². The third-order valence-electron chi connectivity index (χ3n) is 3.27. The molecule has 1 atom stereocenters. The normalized spacial score (nSPS) is 19.4. The number of aromatic nitrogens is 2. The van der Waals surface area contributed by atoms with Crippen molar-refractivity contribution in [2.45, 2.75) is 25.1 Å². The molecule has 2 aromatic rings. The van der Waals surface area contributed by atoms with Gasteiger partial charge in [0.15, 0.2) is 0 Å². The number of alkyl halides is 3. The lowest BCUT2D eigenvalue weighted by Gasteiger charge is -2.09. The summed E-state index contributed by atoms with van der Waals surface area (Å²) in [6, 6.07) is 5.16. The molecule has 2 heterocycles. The van der Waals surface area contributed by atoms with Gasteiger partial charge >= 0.3 is 6.18 Å². The maximum atomic E-state index is 12.9. The molecule has 1 saturated heterocycles. The Balaban J connectivity index is 1.97. The summed E-state index contributed by atoms with van der Waals surface area (Å²) in [6.45, 7) is 0.849. The zero-order valence-corrected chi connectivity index (χ0v) is 10.4. The fourth-order valence-corrected chi connectivity index (χ4v) is 2.31. The third kappa shape index (κ3) is 2.40. The van der Waals surface area contributed by atoms with Crippen LogP contribution in [0.25, 0.3) is 11.4 Å². The smallest absolute Gasteiger partial charge is 0.337 e. The van der Waals surface area contributed by atoms with Crippen LogP contribution in [0.15, 0.2) is 28.8 Å². The average molecular weight is 283 g/mol. The lowest BCUT2D eigenvalue weighted by atomic mass is 10.1. The summed E-state index contributed by atoms with van der Waals surface area (Å²) < 4.78 is 43.9. The summed E-state index contributed by atoms with van der Waals surface area (Å²) in [5.74, 6) is 0.316. The molecule has 1 aromatic heterocycles. The van der Waals surface area contributed by atoms with E-state index in [0.29, 0.717) is 5.89 Å². The number of nitrogens with zero attached hydrogens (tertiary/aromatic N) is 2. The molecule has 7 heteroatoms. The van der Waals surface area contributed by atoms with Crippen LogP contribution >= 0.6 is 0 Å². The van der Waals surface area contributed by atoms with Crippen LogP contribution in [0.5, 0.6) is 0 Å². The minimum Gasteiger partial charge on any atom is -0.337 e. The number of halogens is 3. The van der Waals surface area contributed by atoms with Gasteiger partial charge in [-0.1, -0.05) is 23.4 Å². The van der Waals surface area contributed by atoms with Crippen molar-refractivity contribution in [1.29, 1.82) is 0 Å². The topological polar surface area (TPSA) is 51.0 Å². The van der Waals surface area contributed by atoms with Crippen LogP contribution in [0.1, 0.15) is 30.3 Å². The highest BCUT2D eigenvalue weighted by Crippen LogP contribution is 2.36. The summed E-state index contributed by atoms with van der Waals surface area (Å²) in [5, 5.41) is 6.84. The number of rotatable bonds is 2. The second kappa shape index (κ2) is 4.90. The molecule has 20 heavy (non-hydrogen) atoms. The van der Waals surface area contributed by atoms with E-state index in [4.69, 9.17) is 4.52 Å². The number of hydrogen-bond donors (Lipinski definition) is 1. The molecular formula is C13H12F3N3O. The van der Waals surface area contributed by atoms with E-state index >= 15 is 0 Å². The van der Waals surface area contributed by atoms with Crippen molar-refractivity contribution in [3.8, 4) is 11.4 Å². The quantitative estimate of drug-likeness (QED) is 0.919. The average Bonchev–Trinajstić information content (AvgIpc) is 3.09. The summed E-state index contributed by atoms with van der Waals surface area (Å²) >= 11 is 0. The van der Waals surface area contributed by atoms with Crippen molar-refractivity contribution in [2.24, 2.45) is 0 Å². The van der Waals surface area contributed by atoms with Gasteiger partial charge in [-0.05, 0) is 25.5 Å². The van der Waals surface area contributed by atoms with Crippen LogP contribution < -0.4 is 5.32 Å². The van der Waals surface area contributed by atoms with Gasteiger partial charge in [0.1, 0.15) is 0 Å². The lowest BCUT2D eigenvalue weighted by Crippen LogP contribution is -2.13. The Labute approximate surface area is 113 Å². The molecule has 106 valence electrons. The number of hydrogen-bond acceptors (Lipinski definition) is 4. The Kier molecular flexibility index (Phi) is 3.21. The predicted molar refractivity (Wildman–Crippen MR) is 64.7 cm³/mol. The second-order valence-electron chi connectivity index (χ2n) is 4.65. The molecule has 0 spiro atoms. The highest BCUT2D eigenvalue weighted by molar-refractivity contribution is 5.60. The standard InChI is InChI=1S/C13H12F3N3O/c14-13(15,16)9-5-2-1-4-8(9)11-18-12(20-19-11)10-6-3-7-17-10/h1-2,4-5,10,17H,3,6-7H2/t10-/m0/s1. The SMILES string of the molecule is FC(F)(F)c1ccccc1-c1noc([C@@H]2CCCN2)n1. The lowest BCUT2D eigenvalue weighted by molar-refractivity contribution is -0.137. The Morgan fingerprint density at radius 3 is 2.75 bits per heavy atom. The van der Waals surface area contributed by atoms with Crippen LogP contribution in [0, 0.1) is 0 Å². The van der Waals surface area contributed by atoms with E-state index in [1.54, 1.807) is 0 Å². The minimum atomic E-state index is -4.44. The van der Waals surface area contributed by atoms with Crippen LogP contribution in [0.2, 0.25) is 0 Å². The van der Waals surface area contributed by atoms with Gasteiger partial charge in [-0.2, -0.15) is 18.2 Å². The van der Waals surface area contributed by atoms with Gasteiger partial charge in [-0.25, -0.2) is 0 Å². The molecule has 0 radical (unpaired) electrons. The largest absolute Gasteiger partial charge is 0.417 e. The Bertz CT molecular complexity index is 603. The Morgan fingerprint density at radius 2 is 2.05 bits per heavy atom. The molecule has 3 rings (SSSR count). The van der Waals surface area contributed by atoms with E-state index in [1.807, 2.05) is 0 Å². The van der Waals surface area contributed by atoms with Gasteiger partial charge in [0.2, 0.25) is 11.7 Å². The molecule has 4 nitrogen and oxygen atoms in total. The van der Waals surface area contributed by atoms with Gasteiger partial charge in [0.05, 0.1) is 11.6 Å². The second-order valence-corrected chi connectivity index (χ2v) is 4.65. The van der Waals surface area contributed by atoms with Crippen molar-refractivity contribution in [3.05, 3.63) is 35.7 Å². The molecule has 0 saturated carbocycles. The van der Waals surface area contributed by atoms with Gasteiger partial charge in [0, 0.05) is 5.56 Å². The first-order valence-electron chi connectivity index (χ1n) is 6.29. The van der Waals surface area contributed by atoms with Gasteiger partial charge in [-0.3, -0.25) is 0 Å². The van der Waals surface area contributed by atoms with Gasteiger partial charge in [-0.15, -0.1) is 0 Å². The molecule has 0 amide bonds. The highest BCUT2D eigenvalue weighted by Gasteiger charge is 2.35. The van der Waals surface area contributed by atoms with Crippen molar-refractivity contribution in [3.63, 3.8) is 0 Å². The maximum absolute atomic E-state index is 12.9. The van der Waals surface area contributed by atoms with Gasteiger partial charge in [0.25, 0.3) is 0 Å². The maximum Gasteiger partial charge on any atom is 0.417 e. The molecular weight excluding hydrogens is 271 g/mol. The van der Waals surface area contributed by atoms with E-state index in [0.717, 1.165) is 25.5 Å². The number of nitrogens with one attached hydrogen (secondary N) is 1. The first kappa shape index (κ1) is 13.1. The summed E-state index contributed by atoms with van der Waals surface area (Å²) in [4.78, 5) is 4.10. The van der Waals surface area contributed by atoms with E-state index in [9.17, 15) is 13.2 Å². The van der Waals surface area contributed by atoms with Crippen LogP contribution in [-0.2, 0) is 6.18 Å². The molecule has 1 fully saturated rings. The minimum absolute atomic E-state index is 0.0263. The first-order valence-corrected chi connectivity index (χ1v) is 6.29. The predicted octanol–water partition coefficient (Wildman–Crippen LogP) is 3.18. The van der Waals surface area contributed by atoms with Crippen molar-refractivity contribution >= 4 is 0 Å². The zero-order valence-electron chi connectivity index (χ0n) is 10.4. The van der Waals surface area contributed by atoms with E-state index in [1.165, 1.54) is 18.2 Å². The summed E-state index contributed by atoms with van der Waals surface area (Å²) in [6.07, 6.45) is -2.60. The van der Waals surface area contributed by atoms with E-state index in [2.05, 4.69) is 15.5 Å². The molecule has 1 N–H and O–H groups in total. The fourth-order valence-electron chi connectivity index (χ4n) is 2.31. The molecule has 0 unspecified atom stereocenters. The molecule has 1 aromatic carbocycles. The first-order chi connectivity index (χ1) is 9.55. The summed E-state index contributed by atoms with van der Waals surface area (Å²) in [7, 11) is 0. The Hall–Kier alpha value is -1.89. The number of benzene rings is 1. The van der Waals surface area contributed by atoms with Crippen molar-refractivity contribution < 1.29 is 17.7 Å².